The van der Waals surface area contributed by atoms with Crippen LogP contribution in [0.3, 0.4) is 0 Å². The predicted molar refractivity (Wildman–Crippen MR) is 149 cm³/mol. The van der Waals surface area contributed by atoms with Crippen LogP contribution in [0.25, 0.3) is 10.9 Å². The number of carbonyl (C=O) groups excluding carboxylic acids is 1. The lowest BCUT2D eigenvalue weighted by Gasteiger charge is -2.23. The van der Waals surface area contributed by atoms with Gasteiger partial charge in [0.25, 0.3) is 5.91 Å². The summed E-state index contributed by atoms with van der Waals surface area (Å²) in [7, 11) is 6.38. The third-order valence-corrected chi connectivity index (χ3v) is 6.03. The number of amides is 1. The van der Waals surface area contributed by atoms with Crippen LogP contribution in [-0.4, -0.2) is 54.7 Å². The predicted octanol–water partition coefficient (Wildman–Crippen LogP) is 4.73. The second-order valence-electron chi connectivity index (χ2n) is 9.95. The first-order valence-corrected chi connectivity index (χ1v) is 12.2. The Morgan fingerprint density at radius 2 is 1.57 bits per heavy atom. The Morgan fingerprint density at radius 1 is 0.950 bits per heavy atom. The van der Waals surface area contributed by atoms with Crippen molar-refractivity contribution in [3.8, 4) is 0 Å². The molecule has 4 rings (SSSR count). The van der Waals surface area contributed by atoms with Gasteiger partial charge in [0, 0.05) is 29.6 Å². The van der Waals surface area contributed by atoms with E-state index in [1.165, 1.54) is 5.69 Å². The van der Waals surface area contributed by atoms with Crippen molar-refractivity contribution in [2.45, 2.75) is 19.3 Å². The summed E-state index contributed by atoms with van der Waals surface area (Å²) in [6, 6.07) is 25.8. The summed E-state index contributed by atoms with van der Waals surface area (Å²) in [6.45, 7) is 0.965. The summed E-state index contributed by atoms with van der Waals surface area (Å²) in [5, 5.41) is 18.9. The highest BCUT2D eigenvalue weighted by Gasteiger charge is 2.38. The van der Waals surface area contributed by atoms with E-state index in [-0.39, 0.29) is 11.7 Å². The molecular weight excluding hydrogens is 523 g/mol. The number of hydrogen-bond acceptors (Lipinski definition) is 3. The van der Waals surface area contributed by atoms with Crippen molar-refractivity contribution < 1.29 is 27.9 Å². The fourth-order valence-corrected chi connectivity index (χ4v) is 3.92. The molecule has 5 N–H and O–H groups in total. The maximum Gasteiger partial charge on any atom is 0.490 e. The van der Waals surface area contributed by atoms with Gasteiger partial charge in [0.2, 0.25) is 0 Å². The maximum absolute atomic E-state index is 13.2. The molecule has 0 bridgehead atoms. The van der Waals surface area contributed by atoms with E-state index < -0.39 is 12.1 Å². The Kier molecular flexibility index (Phi) is 9.00. The maximum atomic E-state index is 13.2. The number of nitrogen functional groups attached to an aromatic ring is 1. The minimum absolute atomic E-state index is 0.0310. The number of benzene rings is 3. The molecule has 1 aromatic heterocycles. The molecule has 1 heterocycles. The second kappa shape index (κ2) is 12.0. The number of hydrogen-bond donors (Lipinski definition) is 4. The van der Waals surface area contributed by atoms with Crippen molar-refractivity contribution in [1.82, 2.24) is 14.4 Å². The van der Waals surface area contributed by atoms with E-state index in [4.69, 9.17) is 21.0 Å². The van der Waals surface area contributed by atoms with Crippen molar-refractivity contribution in [1.29, 1.82) is 5.41 Å². The van der Waals surface area contributed by atoms with Crippen molar-refractivity contribution in [2.24, 2.45) is 5.73 Å². The molecule has 0 spiro atoms. The van der Waals surface area contributed by atoms with Gasteiger partial charge in [-0.05, 0) is 41.5 Å². The number of quaternary nitrogens is 1. The quantitative estimate of drug-likeness (QED) is 0.150. The van der Waals surface area contributed by atoms with E-state index >= 15 is 0 Å². The Hall–Kier alpha value is -4.64. The summed E-state index contributed by atoms with van der Waals surface area (Å²) in [5.41, 5.74) is 11.2. The van der Waals surface area contributed by atoms with E-state index in [0.29, 0.717) is 24.3 Å². The van der Waals surface area contributed by atoms with E-state index in [0.717, 1.165) is 26.5 Å². The number of nitrogens with one attached hydrogen (secondary N) is 2. The number of carboxylic acids is 1. The van der Waals surface area contributed by atoms with Gasteiger partial charge in [-0.1, -0.05) is 48.5 Å². The molecule has 0 aliphatic rings. The zero-order valence-electron chi connectivity index (χ0n) is 22.3. The van der Waals surface area contributed by atoms with Crippen LogP contribution in [0, 0.1) is 5.41 Å². The molecular formula is C29H31F3N5O3+. The van der Waals surface area contributed by atoms with Gasteiger partial charge in [0.1, 0.15) is 17.2 Å². The molecule has 0 fully saturated rings. The van der Waals surface area contributed by atoms with Crippen molar-refractivity contribution >= 4 is 34.3 Å². The topological polar surface area (TPSA) is 121 Å². The molecule has 4 aromatic rings. The van der Waals surface area contributed by atoms with Crippen LogP contribution >= 0.6 is 0 Å². The first kappa shape index (κ1) is 29.9. The SMILES string of the molecule is C[N+](C)(C)c1ccc(CNC(=O)c2cc3ccccc3n2Cc2cccc(C(=N)N)c2)cc1.O=C(O)C(F)(F)F. The molecule has 0 saturated heterocycles. The van der Waals surface area contributed by atoms with Crippen LogP contribution in [0.4, 0.5) is 18.9 Å². The zero-order valence-corrected chi connectivity index (χ0v) is 22.3. The Balaban J connectivity index is 0.000000559. The van der Waals surface area contributed by atoms with E-state index in [9.17, 15) is 18.0 Å². The molecule has 0 atom stereocenters. The molecule has 11 heteroatoms. The van der Waals surface area contributed by atoms with Crippen molar-refractivity contribution in [3.63, 3.8) is 0 Å². The number of rotatable bonds is 7. The Bertz CT molecular complexity index is 1520. The number of amidine groups is 1. The van der Waals surface area contributed by atoms with Gasteiger partial charge in [-0.2, -0.15) is 13.2 Å². The number of alkyl halides is 3. The summed E-state index contributed by atoms with van der Waals surface area (Å²) in [4.78, 5) is 22.1. The van der Waals surface area contributed by atoms with Crippen LogP contribution in [-0.2, 0) is 17.9 Å². The van der Waals surface area contributed by atoms with Crippen LogP contribution in [0.2, 0.25) is 0 Å². The number of nitrogens with zero attached hydrogens (tertiary/aromatic N) is 2. The summed E-state index contributed by atoms with van der Waals surface area (Å²) in [5.74, 6) is -2.85. The third kappa shape index (κ3) is 7.70. The second-order valence-corrected chi connectivity index (χ2v) is 9.95. The molecule has 0 saturated carbocycles. The zero-order chi connectivity index (χ0) is 29.7. The molecule has 40 heavy (non-hydrogen) atoms. The van der Waals surface area contributed by atoms with Gasteiger partial charge in [0.15, 0.2) is 0 Å². The van der Waals surface area contributed by atoms with Crippen LogP contribution in [0.5, 0.6) is 0 Å². The monoisotopic (exact) mass is 554 g/mol. The Morgan fingerprint density at radius 3 is 2.15 bits per heavy atom. The van der Waals surface area contributed by atoms with Crippen LogP contribution in [0.15, 0.2) is 78.9 Å². The number of carbonyl (C=O) groups is 2. The largest absolute Gasteiger partial charge is 0.490 e. The highest BCUT2D eigenvalue weighted by Crippen LogP contribution is 2.22. The molecule has 0 aliphatic heterocycles. The van der Waals surface area contributed by atoms with Crippen LogP contribution in [0.1, 0.15) is 27.2 Å². The number of para-hydroxylation sites is 1. The summed E-state index contributed by atoms with van der Waals surface area (Å²) in [6.07, 6.45) is -5.08. The molecule has 0 radical (unpaired) electrons. The highest BCUT2D eigenvalue weighted by atomic mass is 19.4. The molecule has 8 nitrogen and oxygen atoms in total. The number of halogens is 3. The first-order valence-electron chi connectivity index (χ1n) is 12.2. The lowest BCUT2D eigenvalue weighted by Crippen LogP contribution is -2.34. The lowest BCUT2D eigenvalue weighted by atomic mass is 10.1. The van der Waals surface area contributed by atoms with Gasteiger partial charge in [-0.15, -0.1) is 0 Å². The average Bonchev–Trinajstić information content (AvgIpc) is 3.25. The smallest absolute Gasteiger partial charge is 0.475 e. The van der Waals surface area contributed by atoms with E-state index in [1.807, 2.05) is 59.2 Å². The minimum atomic E-state index is -5.08. The van der Waals surface area contributed by atoms with Gasteiger partial charge in [-0.3, -0.25) is 14.7 Å². The highest BCUT2D eigenvalue weighted by molar-refractivity contribution is 5.99. The molecule has 3 aromatic carbocycles. The fraction of sp³-hybridized carbons (Fsp3) is 0.207. The number of fused-ring (bicyclic) bond motifs is 1. The van der Waals surface area contributed by atoms with Crippen molar-refractivity contribution in [2.75, 3.05) is 21.1 Å². The van der Waals surface area contributed by atoms with E-state index in [1.54, 1.807) is 0 Å². The molecule has 0 aliphatic carbocycles. The van der Waals surface area contributed by atoms with Crippen molar-refractivity contribution in [3.05, 3.63) is 101 Å². The van der Waals surface area contributed by atoms with E-state index in [2.05, 4.69) is 50.7 Å². The van der Waals surface area contributed by atoms with Gasteiger partial charge in [0.05, 0.1) is 21.1 Å². The molecule has 1 amide bonds. The standard InChI is InChI=1S/C27H29N5O.C2HF3O2/c1-32(2,3)23-13-11-19(12-14-23)17-30-27(33)25-16-21-8-4-5-10-24(21)31(25)18-20-7-6-9-22(15-20)26(28)29;3-2(4,5)1(6)7/h4-16H,17-18H2,1-3H3,(H3-,28,29,30,33);(H,6,7)/p+1. The van der Waals surface area contributed by atoms with Crippen LogP contribution < -0.4 is 15.5 Å². The first-order chi connectivity index (χ1) is 18.7. The van der Waals surface area contributed by atoms with Gasteiger partial charge in [-0.25, -0.2) is 4.79 Å². The lowest BCUT2D eigenvalue weighted by molar-refractivity contribution is -0.192. The number of nitrogens with two attached hydrogens (primary N) is 1. The third-order valence-electron chi connectivity index (χ3n) is 6.03. The molecule has 210 valence electrons. The molecule has 0 unspecified atom stereocenters. The number of aromatic nitrogens is 1. The number of carboxylic acid groups (broad SMARTS) is 1. The van der Waals surface area contributed by atoms with Gasteiger partial charge < -0.3 is 20.7 Å². The average molecular weight is 555 g/mol. The normalized spacial score (nSPS) is 11.4. The fourth-order valence-electron chi connectivity index (χ4n) is 3.92. The minimum Gasteiger partial charge on any atom is -0.475 e. The summed E-state index contributed by atoms with van der Waals surface area (Å²) >= 11 is 0. The Labute approximate surface area is 229 Å². The number of aliphatic carboxylic acids is 1. The van der Waals surface area contributed by atoms with Gasteiger partial charge >= 0.3 is 12.1 Å². The summed E-state index contributed by atoms with van der Waals surface area (Å²) < 4.78 is 34.5.